The maximum atomic E-state index is 11.9. The number of hydrogen-bond acceptors (Lipinski definition) is 4. The van der Waals surface area contributed by atoms with Crippen LogP contribution in [0.2, 0.25) is 0 Å². The van der Waals surface area contributed by atoms with Crippen LogP contribution >= 0.6 is 0 Å². The number of carbonyl (C=O) groups excluding carboxylic acids is 1. The van der Waals surface area contributed by atoms with E-state index in [-0.39, 0.29) is 18.1 Å². The Morgan fingerprint density at radius 2 is 2.05 bits per heavy atom. The summed E-state index contributed by atoms with van der Waals surface area (Å²) in [6.45, 7) is 8.43. The van der Waals surface area contributed by atoms with Crippen LogP contribution in [-0.4, -0.2) is 29.3 Å². The Morgan fingerprint density at radius 1 is 1.40 bits per heavy atom. The molecular weight excluding hydrogens is 252 g/mol. The van der Waals surface area contributed by atoms with Gasteiger partial charge in [0.15, 0.2) is 0 Å². The maximum absolute atomic E-state index is 11.9. The van der Waals surface area contributed by atoms with Gasteiger partial charge < -0.3 is 4.74 Å². The summed E-state index contributed by atoms with van der Waals surface area (Å²) in [5, 5.41) is 6.46. The highest BCUT2D eigenvalue weighted by Crippen LogP contribution is 2.32. The van der Waals surface area contributed by atoms with Crippen molar-refractivity contribution in [3.63, 3.8) is 0 Å². The lowest BCUT2D eigenvalue weighted by molar-refractivity contribution is -0.135. The monoisotopic (exact) mass is 274 g/mol. The zero-order valence-corrected chi connectivity index (χ0v) is 12.6. The van der Waals surface area contributed by atoms with E-state index in [2.05, 4.69) is 50.1 Å². The molecule has 1 unspecified atom stereocenters. The molecule has 0 aromatic heterocycles. The van der Waals surface area contributed by atoms with Gasteiger partial charge in [-0.2, -0.15) is 5.10 Å². The highest BCUT2D eigenvalue weighted by molar-refractivity contribution is 6.36. The number of aryl methyl sites for hydroxylation is 1. The minimum atomic E-state index is -0.298. The molecule has 1 aliphatic rings. The van der Waals surface area contributed by atoms with Gasteiger partial charge in [-0.15, -0.1) is 0 Å². The quantitative estimate of drug-likeness (QED) is 0.792. The third-order valence-corrected chi connectivity index (χ3v) is 3.44. The average Bonchev–Trinajstić information content (AvgIpc) is 2.85. The first-order valence-corrected chi connectivity index (χ1v) is 7.12. The standard InChI is InChI=1S/C16H22N2O2/c1-5-20-16(19)14-10-15(18(17-14)11(2)3)13-8-6-12(4)7-9-13/h6-9,11,15H,5,10H2,1-4H3. The van der Waals surface area contributed by atoms with Gasteiger partial charge in [0.25, 0.3) is 0 Å². The number of rotatable bonds is 4. The van der Waals surface area contributed by atoms with Crippen LogP contribution in [0.25, 0.3) is 0 Å². The number of ether oxygens (including phenoxy) is 1. The summed E-state index contributed by atoms with van der Waals surface area (Å²) in [6, 6.07) is 8.77. The molecule has 4 nitrogen and oxygen atoms in total. The van der Waals surface area contributed by atoms with Crippen molar-refractivity contribution in [1.82, 2.24) is 5.01 Å². The van der Waals surface area contributed by atoms with E-state index < -0.39 is 0 Å². The lowest BCUT2D eigenvalue weighted by Gasteiger charge is -2.27. The summed E-state index contributed by atoms with van der Waals surface area (Å²) < 4.78 is 5.06. The average molecular weight is 274 g/mol. The fraction of sp³-hybridized carbons (Fsp3) is 0.500. The lowest BCUT2D eigenvalue weighted by atomic mass is 10.00. The van der Waals surface area contributed by atoms with Crippen molar-refractivity contribution < 1.29 is 9.53 Å². The molecule has 2 rings (SSSR count). The predicted molar refractivity (Wildman–Crippen MR) is 79.6 cm³/mol. The number of esters is 1. The van der Waals surface area contributed by atoms with Crippen molar-refractivity contribution >= 4 is 11.7 Å². The number of hydrogen-bond donors (Lipinski definition) is 0. The molecule has 0 aliphatic carbocycles. The van der Waals surface area contributed by atoms with E-state index in [9.17, 15) is 4.79 Å². The van der Waals surface area contributed by atoms with Crippen molar-refractivity contribution in [2.24, 2.45) is 5.10 Å². The zero-order chi connectivity index (χ0) is 14.7. The van der Waals surface area contributed by atoms with E-state index in [0.717, 1.165) is 0 Å². The van der Waals surface area contributed by atoms with Crippen LogP contribution in [-0.2, 0) is 9.53 Å². The van der Waals surface area contributed by atoms with Crippen LogP contribution in [0.3, 0.4) is 0 Å². The molecule has 0 amide bonds. The van der Waals surface area contributed by atoms with E-state index in [1.165, 1.54) is 11.1 Å². The highest BCUT2D eigenvalue weighted by Gasteiger charge is 2.33. The Kier molecular flexibility index (Phi) is 4.42. The number of carbonyl (C=O) groups is 1. The van der Waals surface area contributed by atoms with Gasteiger partial charge in [0, 0.05) is 12.5 Å². The summed E-state index contributed by atoms with van der Waals surface area (Å²) in [7, 11) is 0. The Hall–Kier alpha value is -1.84. The van der Waals surface area contributed by atoms with E-state index in [4.69, 9.17) is 4.74 Å². The van der Waals surface area contributed by atoms with Crippen LogP contribution in [0.15, 0.2) is 29.4 Å². The summed E-state index contributed by atoms with van der Waals surface area (Å²) in [6.07, 6.45) is 0.611. The fourth-order valence-corrected chi connectivity index (χ4v) is 2.40. The summed E-state index contributed by atoms with van der Waals surface area (Å²) in [5.74, 6) is -0.298. The van der Waals surface area contributed by atoms with Gasteiger partial charge in [0.05, 0.1) is 12.6 Å². The number of benzene rings is 1. The second-order valence-corrected chi connectivity index (χ2v) is 5.37. The molecule has 0 saturated carbocycles. The molecule has 0 radical (unpaired) electrons. The molecule has 108 valence electrons. The number of hydrazone groups is 1. The van der Waals surface area contributed by atoms with Crippen molar-refractivity contribution in [3.8, 4) is 0 Å². The molecule has 0 bridgehead atoms. The van der Waals surface area contributed by atoms with Crippen molar-refractivity contribution in [3.05, 3.63) is 35.4 Å². The number of nitrogens with zero attached hydrogens (tertiary/aromatic N) is 2. The molecule has 4 heteroatoms. The van der Waals surface area contributed by atoms with Crippen molar-refractivity contribution in [2.75, 3.05) is 6.61 Å². The third-order valence-electron chi connectivity index (χ3n) is 3.44. The first-order chi connectivity index (χ1) is 9.52. The SMILES string of the molecule is CCOC(=O)C1=NN(C(C)C)C(c2ccc(C)cc2)C1. The topological polar surface area (TPSA) is 41.9 Å². The summed E-state index contributed by atoms with van der Waals surface area (Å²) in [4.78, 5) is 11.9. The van der Waals surface area contributed by atoms with Gasteiger partial charge in [-0.3, -0.25) is 5.01 Å². The minimum absolute atomic E-state index is 0.120. The lowest BCUT2D eigenvalue weighted by Crippen LogP contribution is -2.26. The highest BCUT2D eigenvalue weighted by atomic mass is 16.5. The molecule has 0 N–H and O–H groups in total. The van der Waals surface area contributed by atoms with Crippen LogP contribution in [0.5, 0.6) is 0 Å². The van der Waals surface area contributed by atoms with Gasteiger partial charge in [-0.1, -0.05) is 29.8 Å². The molecule has 0 fully saturated rings. The summed E-state index contributed by atoms with van der Waals surface area (Å²) in [5.41, 5.74) is 2.94. The van der Waals surface area contributed by atoms with Gasteiger partial charge in [0.2, 0.25) is 0 Å². The molecule has 1 heterocycles. The Balaban J connectivity index is 2.22. The van der Waals surface area contributed by atoms with Crippen molar-refractivity contribution in [1.29, 1.82) is 0 Å². The Morgan fingerprint density at radius 3 is 2.60 bits per heavy atom. The van der Waals surface area contributed by atoms with Gasteiger partial charge in [-0.05, 0) is 33.3 Å². The normalized spacial score (nSPS) is 18.4. The molecule has 0 spiro atoms. The van der Waals surface area contributed by atoms with Gasteiger partial charge in [0.1, 0.15) is 5.71 Å². The minimum Gasteiger partial charge on any atom is -0.461 e. The largest absolute Gasteiger partial charge is 0.461 e. The summed E-state index contributed by atoms with van der Waals surface area (Å²) >= 11 is 0. The van der Waals surface area contributed by atoms with E-state index in [1.54, 1.807) is 0 Å². The van der Waals surface area contributed by atoms with Crippen LogP contribution in [0.1, 0.15) is 44.4 Å². The van der Waals surface area contributed by atoms with Crippen molar-refractivity contribution in [2.45, 2.75) is 46.2 Å². The second-order valence-electron chi connectivity index (χ2n) is 5.37. The molecule has 1 aromatic rings. The molecule has 0 saturated heterocycles. The molecule has 1 aromatic carbocycles. The maximum Gasteiger partial charge on any atom is 0.354 e. The van der Waals surface area contributed by atoms with Crippen LogP contribution < -0.4 is 0 Å². The third kappa shape index (κ3) is 3.00. The molecular formula is C16H22N2O2. The second kappa shape index (κ2) is 6.07. The van der Waals surface area contributed by atoms with Gasteiger partial charge >= 0.3 is 5.97 Å². The van der Waals surface area contributed by atoms with Crippen LogP contribution in [0.4, 0.5) is 0 Å². The first-order valence-electron chi connectivity index (χ1n) is 7.12. The molecule has 20 heavy (non-hydrogen) atoms. The Labute approximate surface area is 120 Å². The molecule has 1 atom stereocenters. The first kappa shape index (κ1) is 14.6. The smallest absolute Gasteiger partial charge is 0.354 e. The Bertz CT molecular complexity index is 506. The molecule has 1 aliphatic heterocycles. The van der Waals surface area contributed by atoms with E-state index in [1.807, 2.05) is 11.9 Å². The predicted octanol–water partition coefficient (Wildman–Crippen LogP) is 3.07. The van der Waals surface area contributed by atoms with E-state index in [0.29, 0.717) is 18.7 Å². The zero-order valence-electron chi connectivity index (χ0n) is 12.6. The van der Waals surface area contributed by atoms with E-state index >= 15 is 0 Å². The van der Waals surface area contributed by atoms with Crippen LogP contribution in [0, 0.1) is 6.92 Å². The fourth-order valence-electron chi connectivity index (χ4n) is 2.40. The van der Waals surface area contributed by atoms with Gasteiger partial charge in [-0.25, -0.2) is 4.79 Å².